The number of nitrogens with two attached hydrogens (primary N) is 1. The van der Waals surface area contributed by atoms with Crippen LogP contribution in [0.2, 0.25) is 0 Å². The van der Waals surface area contributed by atoms with Crippen molar-refractivity contribution in [3.63, 3.8) is 0 Å². The van der Waals surface area contributed by atoms with E-state index in [-0.39, 0.29) is 17.7 Å². The van der Waals surface area contributed by atoms with Gasteiger partial charge in [0.1, 0.15) is 24.1 Å². The van der Waals surface area contributed by atoms with E-state index in [0.717, 1.165) is 0 Å². The number of aliphatic hydroxyl groups excluding tert-OH is 2. The summed E-state index contributed by atoms with van der Waals surface area (Å²) in [6.07, 6.45) is -2.68. The number of esters is 1. The van der Waals surface area contributed by atoms with Gasteiger partial charge in [-0.1, -0.05) is 20.8 Å². The SMILES string of the molecule is [C-]#[N+][C@]1(COC(=O)CC(C)(C)C)O[C@@H](c2ccc3c(N)ncnn23)[C@H](O)[C@@H]1O. The van der Waals surface area contributed by atoms with Crippen LogP contribution >= 0.6 is 0 Å². The van der Waals surface area contributed by atoms with Gasteiger partial charge in [-0.3, -0.25) is 14.4 Å². The Labute approximate surface area is 161 Å². The van der Waals surface area contributed by atoms with Gasteiger partial charge in [0, 0.05) is 0 Å². The molecule has 1 saturated heterocycles. The van der Waals surface area contributed by atoms with Crippen LogP contribution < -0.4 is 5.73 Å². The zero-order chi connectivity index (χ0) is 20.7. The van der Waals surface area contributed by atoms with Crippen LogP contribution in [0.15, 0.2) is 18.5 Å². The molecule has 150 valence electrons. The van der Waals surface area contributed by atoms with Gasteiger partial charge in [-0.2, -0.15) is 5.10 Å². The highest BCUT2D eigenvalue weighted by atomic mass is 16.6. The van der Waals surface area contributed by atoms with E-state index in [4.69, 9.17) is 21.8 Å². The normalized spacial score (nSPS) is 27.6. The van der Waals surface area contributed by atoms with Crippen molar-refractivity contribution in [3.05, 3.63) is 35.6 Å². The summed E-state index contributed by atoms with van der Waals surface area (Å²) >= 11 is 0. The van der Waals surface area contributed by atoms with Gasteiger partial charge in [-0.05, 0) is 17.5 Å². The van der Waals surface area contributed by atoms with Crippen LogP contribution in [-0.4, -0.2) is 55.3 Å². The highest BCUT2D eigenvalue weighted by molar-refractivity contribution is 5.70. The Morgan fingerprint density at radius 3 is 2.82 bits per heavy atom. The fraction of sp³-hybridized carbons (Fsp3) is 0.556. The Balaban J connectivity index is 1.84. The standard InChI is InChI=1S/C18H23N5O5/c1-17(2,3)7-12(24)27-8-18(20-4)15(26)13(25)14(28-18)10-5-6-11-16(19)21-9-22-23(10)11/h5-6,9,13-15,25-26H,7-8H2,1-3H3,(H2,19,21,22)/t13-,14-,15-,18+/m0/s1. The van der Waals surface area contributed by atoms with E-state index in [0.29, 0.717) is 11.2 Å². The molecule has 0 bridgehead atoms. The van der Waals surface area contributed by atoms with E-state index >= 15 is 0 Å². The number of carbonyl (C=O) groups is 1. The van der Waals surface area contributed by atoms with Gasteiger partial charge in [0.25, 0.3) is 0 Å². The van der Waals surface area contributed by atoms with E-state index in [1.807, 2.05) is 20.8 Å². The fourth-order valence-corrected chi connectivity index (χ4v) is 3.13. The second-order valence-corrected chi connectivity index (χ2v) is 8.03. The van der Waals surface area contributed by atoms with E-state index in [9.17, 15) is 15.0 Å². The average molecular weight is 389 g/mol. The summed E-state index contributed by atoms with van der Waals surface area (Å²) in [4.78, 5) is 19.3. The molecule has 3 rings (SSSR count). The molecule has 0 spiro atoms. The molecule has 4 N–H and O–H groups in total. The zero-order valence-corrected chi connectivity index (χ0v) is 15.9. The van der Waals surface area contributed by atoms with Crippen molar-refractivity contribution < 1.29 is 24.5 Å². The monoisotopic (exact) mass is 389 g/mol. The maximum atomic E-state index is 12.0. The van der Waals surface area contributed by atoms with E-state index in [1.165, 1.54) is 10.8 Å². The van der Waals surface area contributed by atoms with Crippen LogP contribution in [0, 0.1) is 12.0 Å². The number of aliphatic hydroxyl groups is 2. The number of nitrogens with zero attached hydrogens (tertiary/aromatic N) is 4. The molecule has 1 aliphatic heterocycles. The Hall–Kier alpha value is -2.74. The van der Waals surface area contributed by atoms with Crippen molar-refractivity contribution in [3.8, 4) is 0 Å². The van der Waals surface area contributed by atoms with Crippen LogP contribution in [-0.2, 0) is 14.3 Å². The molecule has 4 atom stereocenters. The molecule has 2 aromatic rings. The first-order chi connectivity index (χ1) is 13.1. The maximum absolute atomic E-state index is 12.0. The molecule has 10 nitrogen and oxygen atoms in total. The maximum Gasteiger partial charge on any atom is 0.400 e. The summed E-state index contributed by atoms with van der Waals surface area (Å²) in [6.45, 7) is 12.6. The summed E-state index contributed by atoms with van der Waals surface area (Å²) in [5, 5.41) is 25.1. The Kier molecular flexibility index (Phi) is 5.01. The molecule has 0 saturated carbocycles. The Bertz CT molecular complexity index is 931. The predicted octanol–water partition coefficient (Wildman–Crippen LogP) is 0.700. The number of ether oxygens (including phenoxy) is 2. The summed E-state index contributed by atoms with van der Waals surface area (Å²) < 4.78 is 12.4. The molecule has 28 heavy (non-hydrogen) atoms. The lowest BCUT2D eigenvalue weighted by atomic mass is 9.92. The lowest BCUT2D eigenvalue weighted by molar-refractivity contribution is -0.157. The number of hydrogen-bond acceptors (Lipinski definition) is 8. The summed E-state index contributed by atoms with van der Waals surface area (Å²) in [5.74, 6) is -0.278. The van der Waals surface area contributed by atoms with E-state index in [2.05, 4.69) is 14.9 Å². The second kappa shape index (κ2) is 7.01. The highest BCUT2D eigenvalue weighted by Gasteiger charge is 2.62. The smallest absolute Gasteiger partial charge is 0.400 e. The highest BCUT2D eigenvalue weighted by Crippen LogP contribution is 2.42. The van der Waals surface area contributed by atoms with Crippen LogP contribution in [0.3, 0.4) is 0 Å². The zero-order valence-electron chi connectivity index (χ0n) is 15.9. The summed E-state index contributed by atoms with van der Waals surface area (Å²) in [5.41, 5.74) is 4.50. The topological polar surface area (TPSA) is 137 Å². The molecule has 2 aromatic heterocycles. The summed E-state index contributed by atoms with van der Waals surface area (Å²) in [6, 6.07) is 3.26. The van der Waals surface area contributed by atoms with Gasteiger partial charge in [0.2, 0.25) is 0 Å². The Morgan fingerprint density at radius 2 is 2.18 bits per heavy atom. The molecule has 0 amide bonds. The van der Waals surface area contributed by atoms with Gasteiger partial charge in [0.15, 0.2) is 18.5 Å². The van der Waals surface area contributed by atoms with Crippen molar-refractivity contribution in [1.29, 1.82) is 0 Å². The lowest BCUT2D eigenvalue weighted by Crippen LogP contribution is -2.44. The van der Waals surface area contributed by atoms with Crippen LogP contribution in [0.25, 0.3) is 10.4 Å². The van der Waals surface area contributed by atoms with E-state index < -0.39 is 36.6 Å². The molecule has 1 aliphatic rings. The molecule has 10 heteroatoms. The molecule has 3 heterocycles. The molecule has 0 aromatic carbocycles. The number of carbonyl (C=O) groups excluding carboxylic acids is 1. The number of rotatable bonds is 4. The number of hydrogen-bond donors (Lipinski definition) is 3. The first-order valence-corrected chi connectivity index (χ1v) is 8.74. The van der Waals surface area contributed by atoms with Crippen LogP contribution in [0.4, 0.5) is 5.82 Å². The molecular weight excluding hydrogens is 366 g/mol. The van der Waals surface area contributed by atoms with Gasteiger partial charge < -0.3 is 20.7 Å². The lowest BCUT2D eigenvalue weighted by Gasteiger charge is -2.21. The third-order valence-electron chi connectivity index (χ3n) is 4.53. The minimum Gasteiger partial charge on any atom is -0.454 e. The number of anilines is 1. The van der Waals surface area contributed by atoms with Crippen molar-refractivity contribution in [2.75, 3.05) is 12.3 Å². The third kappa shape index (κ3) is 3.52. The van der Waals surface area contributed by atoms with Gasteiger partial charge in [-0.25, -0.2) is 16.1 Å². The predicted molar refractivity (Wildman–Crippen MR) is 97.6 cm³/mol. The van der Waals surface area contributed by atoms with Crippen LogP contribution in [0.1, 0.15) is 39.0 Å². The molecule has 0 radical (unpaired) electrons. The minimum atomic E-state index is -1.92. The second-order valence-electron chi connectivity index (χ2n) is 8.03. The molecule has 0 aliphatic carbocycles. The third-order valence-corrected chi connectivity index (χ3v) is 4.53. The van der Waals surface area contributed by atoms with Crippen molar-refractivity contribution in [2.45, 2.75) is 51.2 Å². The first kappa shape index (κ1) is 20.0. The van der Waals surface area contributed by atoms with E-state index in [1.54, 1.807) is 12.1 Å². The minimum absolute atomic E-state index is 0.142. The van der Waals surface area contributed by atoms with Gasteiger partial charge in [0.05, 0.1) is 12.1 Å². The van der Waals surface area contributed by atoms with Crippen LogP contribution in [0.5, 0.6) is 0 Å². The number of nitrogen functional groups attached to an aromatic ring is 1. The first-order valence-electron chi connectivity index (χ1n) is 8.74. The quantitative estimate of drug-likeness (QED) is 0.513. The number of fused-ring (bicyclic) bond motifs is 1. The number of aromatic nitrogens is 3. The fourth-order valence-electron chi connectivity index (χ4n) is 3.13. The van der Waals surface area contributed by atoms with Gasteiger partial charge >= 0.3 is 11.7 Å². The molecular formula is C18H23N5O5. The molecule has 0 unspecified atom stereocenters. The van der Waals surface area contributed by atoms with Gasteiger partial charge in [-0.15, -0.1) is 0 Å². The summed E-state index contributed by atoms with van der Waals surface area (Å²) in [7, 11) is 0. The Morgan fingerprint density at radius 1 is 1.46 bits per heavy atom. The average Bonchev–Trinajstić information content (AvgIpc) is 3.14. The van der Waals surface area contributed by atoms with Crippen molar-refractivity contribution >= 4 is 17.3 Å². The largest absolute Gasteiger partial charge is 0.454 e. The van der Waals surface area contributed by atoms with Crippen molar-refractivity contribution in [2.24, 2.45) is 5.41 Å². The van der Waals surface area contributed by atoms with Crippen molar-refractivity contribution in [1.82, 2.24) is 14.6 Å². The molecule has 1 fully saturated rings.